The minimum absolute atomic E-state index is 0.122. The summed E-state index contributed by atoms with van der Waals surface area (Å²) >= 11 is 1.48. The predicted octanol–water partition coefficient (Wildman–Crippen LogP) is 4.77. The normalized spacial score (nSPS) is 10.8. The van der Waals surface area contributed by atoms with Crippen LogP contribution in [0.1, 0.15) is 17.0 Å². The summed E-state index contributed by atoms with van der Waals surface area (Å²) in [6.45, 7) is 6.47. The van der Waals surface area contributed by atoms with Crippen molar-refractivity contribution in [2.75, 3.05) is 25.2 Å². The van der Waals surface area contributed by atoms with E-state index in [0.29, 0.717) is 22.6 Å². The van der Waals surface area contributed by atoms with E-state index in [1.54, 1.807) is 25.2 Å². The highest BCUT2D eigenvalue weighted by Crippen LogP contribution is 2.27. The zero-order valence-electron chi connectivity index (χ0n) is 16.2. The molecule has 0 atom stereocenters. The number of benzene rings is 1. The summed E-state index contributed by atoms with van der Waals surface area (Å²) in [6.07, 6.45) is -1.15. The van der Waals surface area contributed by atoms with E-state index in [2.05, 4.69) is 35.6 Å². The molecular weight excluding hydrogens is 399 g/mol. The molecule has 1 aromatic carbocycles. The first-order valence-corrected chi connectivity index (χ1v) is 9.81. The number of hydrogen-bond acceptors (Lipinski definition) is 4. The van der Waals surface area contributed by atoms with E-state index in [4.69, 9.17) is 0 Å². The van der Waals surface area contributed by atoms with Crippen molar-refractivity contribution in [3.05, 3.63) is 54.4 Å². The van der Waals surface area contributed by atoms with Gasteiger partial charge in [0.2, 0.25) is 0 Å². The van der Waals surface area contributed by atoms with Crippen molar-refractivity contribution in [2.45, 2.75) is 17.6 Å². The highest BCUT2D eigenvalue weighted by Gasteiger charge is 2.30. The summed E-state index contributed by atoms with van der Waals surface area (Å²) in [5.74, 6) is 5.74. The van der Waals surface area contributed by atoms with Gasteiger partial charge in [0.15, 0.2) is 0 Å². The van der Waals surface area contributed by atoms with Gasteiger partial charge in [-0.15, -0.1) is 11.8 Å². The molecule has 4 nitrogen and oxygen atoms in total. The Balaban J connectivity index is 2.30. The number of halogens is 3. The fourth-order valence-corrected chi connectivity index (χ4v) is 3.18. The van der Waals surface area contributed by atoms with Crippen molar-refractivity contribution >= 4 is 29.2 Å². The number of anilines is 1. The number of phenolic OH excluding ortho intramolecular Hbond substituents is 1. The average molecular weight is 421 g/mol. The monoisotopic (exact) mass is 421 g/mol. The summed E-state index contributed by atoms with van der Waals surface area (Å²) < 4.78 is 40.3. The molecule has 8 heteroatoms. The summed E-state index contributed by atoms with van der Waals surface area (Å²) in [7, 11) is 1.64. The molecule has 0 radical (unpaired) electrons. The van der Waals surface area contributed by atoms with Crippen LogP contribution < -0.4 is 10.6 Å². The average Bonchev–Trinajstić information content (AvgIpc) is 2.99. The molecule has 154 valence electrons. The number of aromatic nitrogens is 1. The van der Waals surface area contributed by atoms with Crippen molar-refractivity contribution in [1.82, 2.24) is 9.88 Å². The molecule has 1 aromatic heterocycles. The lowest BCUT2D eigenvalue weighted by molar-refractivity contribution is -0.140. The molecule has 1 heterocycles. The molecule has 2 aromatic rings. The lowest BCUT2D eigenvalue weighted by atomic mass is 10.2. The molecule has 0 spiro atoms. The summed E-state index contributed by atoms with van der Waals surface area (Å²) in [4.78, 5) is 0.880. The van der Waals surface area contributed by atoms with Crippen LogP contribution in [0.2, 0.25) is 0 Å². The van der Waals surface area contributed by atoms with Crippen molar-refractivity contribution in [3.63, 3.8) is 0 Å². The highest BCUT2D eigenvalue weighted by atomic mass is 32.2. The topological polar surface area (TPSA) is 49.2 Å². The Kier molecular flexibility index (Phi) is 7.35. The quantitative estimate of drug-likeness (QED) is 0.445. The van der Waals surface area contributed by atoms with Crippen molar-refractivity contribution in [1.29, 1.82) is 0 Å². The second-order valence-corrected chi connectivity index (χ2v) is 6.92. The lowest BCUT2D eigenvalue weighted by Crippen LogP contribution is -2.20. The zero-order chi connectivity index (χ0) is 21.6. The molecule has 0 aliphatic carbocycles. The maximum absolute atomic E-state index is 13.1. The second kappa shape index (κ2) is 9.52. The minimum Gasteiger partial charge on any atom is -0.508 e. The van der Waals surface area contributed by atoms with Gasteiger partial charge in [-0.1, -0.05) is 19.1 Å². The third-order valence-corrected chi connectivity index (χ3v) is 4.73. The van der Waals surface area contributed by atoms with Crippen LogP contribution in [0.5, 0.6) is 5.75 Å². The largest absolute Gasteiger partial charge is 0.508 e. The third kappa shape index (κ3) is 6.03. The first-order valence-electron chi connectivity index (χ1n) is 8.59. The number of phenols is 1. The molecule has 0 aliphatic rings. The number of alkyl halides is 3. The summed E-state index contributed by atoms with van der Waals surface area (Å²) in [5, 5.41) is 15.6. The van der Waals surface area contributed by atoms with E-state index in [9.17, 15) is 18.3 Å². The van der Waals surface area contributed by atoms with Crippen molar-refractivity contribution < 1.29 is 18.3 Å². The maximum atomic E-state index is 13.1. The number of nitrogens with one attached hydrogen (secondary N) is 2. The molecular formula is C21H22F3N3OS. The number of hydrogen-bond donors (Lipinski definition) is 3. The molecule has 0 saturated carbocycles. The number of thioether (sulfide) groups is 1. The molecule has 29 heavy (non-hydrogen) atoms. The first-order chi connectivity index (χ1) is 13.7. The second-order valence-electron chi connectivity index (χ2n) is 6.04. The Bertz CT molecular complexity index is 968. The first kappa shape index (κ1) is 22.4. The Hall–Kier alpha value is -2.92. The van der Waals surface area contributed by atoms with Crippen LogP contribution in [0, 0.1) is 11.8 Å². The molecule has 0 amide bonds. The van der Waals surface area contributed by atoms with E-state index >= 15 is 0 Å². The maximum Gasteiger partial charge on any atom is 0.406 e. The van der Waals surface area contributed by atoms with E-state index in [1.807, 2.05) is 12.3 Å². The Morgan fingerprint density at radius 2 is 2.03 bits per heavy atom. The molecule has 0 unspecified atom stereocenters. The molecule has 0 fully saturated rings. The standard InChI is InChI=1S/C21H22F3N3OS/c1-5-20-19(14(2)25-3)11-16(27(20)13-21(22,23)24)7-6-8-26-15-9-17(28)12-18(10-15)29-4/h5,9-12,25-26,28H,1-2,8,13H2,3-4H3. The molecule has 0 saturated heterocycles. The number of aromatic hydroxyl groups is 1. The van der Waals surface area contributed by atoms with Gasteiger partial charge in [-0.2, -0.15) is 13.2 Å². The lowest BCUT2D eigenvalue weighted by Gasteiger charge is -2.13. The third-order valence-electron chi connectivity index (χ3n) is 4.02. The Morgan fingerprint density at radius 1 is 1.31 bits per heavy atom. The fraction of sp³-hybridized carbons (Fsp3) is 0.238. The van der Waals surface area contributed by atoms with Gasteiger partial charge in [-0.25, -0.2) is 0 Å². The molecule has 2 rings (SSSR count). The van der Waals surface area contributed by atoms with Gasteiger partial charge in [-0.05, 0) is 36.5 Å². The summed E-state index contributed by atoms with van der Waals surface area (Å²) in [6, 6.07) is 6.61. The molecule has 3 N–H and O–H groups in total. The van der Waals surface area contributed by atoms with Crippen molar-refractivity contribution in [3.8, 4) is 17.6 Å². The fourth-order valence-electron chi connectivity index (χ4n) is 2.70. The Labute approximate surface area is 172 Å². The van der Waals surface area contributed by atoms with Gasteiger partial charge in [0.05, 0.1) is 17.9 Å². The van der Waals surface area contributed by atoms with E-state index in [0.717, 1.165) is 9.46 Å². The minimum atomic E-state index is -4.40. The van der Waals surface area contributed by atoms with Gasteiger partial charge in [0.25, 0.3) is 0 Å². The summed E-state index contributed by atoms with van der Waals surface area (Å²) in [5.41, 5.74) is 2.18. The van der Waals surface area contributed by atoms with E-state index in [1.165, 1.54) is 17.8 Å². The molecule has 0 bridgehead atoms. The van der Waals surface area contributed by atoms with Crippen LogP contribution in [-0.4, -0.2) is 35.7 Å². The van der Waals surface area contributed by atoms with Gasteiger partial charge in [0.1, 0.15) is 12.3 Å². The Morgan fingerprint density at radius 3 is 2.62 bits per heavy atom. The van der Waals surface area contributed by atoms with Gasteiger partial charge < -0.3 is 20.3 Å². The SMILES string of the molecule is C=Cc1c(C(=C)NC)cc(C#CCNc2cc(O)cc(SC)c2)n1CC(F)(F)F. The highest BCUT2D eigenvalue weighted by molar-refractivity contribution is 7.98. The van der Waals surface area contributed by atoms with Crippen molar-refractivity contribution in [2.24, 2.45) is 0 Å². The van der Waals surface area contributed by atoms with Crippen LogP contribution in [0.4, 0.5) is 18.9 Å². The predicted molar refractivity (Wildman–Crippen MR) is 114 cm³/mol. The molecule has 0 aliphatic heterocycles. The van der Waals surface area contributed by atoms with Crippen LogP contribution >= 0.6 is 11.8 Å². The van der Waals surface area contributed by atoms with Gasteiger partial charge >= 0.3 is 6.18 Å². The van der Waals surface area contributed by atoms with E-state index < -0.39 is 12.7 Å². The van der Waals surface area contributed by atoms with Gasteiger partial charge in [0, 0.05) is 35.0 Å². The van der Waals surface area contributed by atoms with Crippen LogP contribution in [0.3, 0.4) is 0 Å². The zero-order valence-corrected chi connectivity index (χ0v) is 17.0. The van der Waals surface area contributed by atoms with Crippen LogP contribution in [0.15, 0.2) is 42.3 Å². The van der Waals surface area contributed by atoms with Crippen LogP contribution in [0.25, 0.3) is 11.8 Å². The number of nitrogens with zero attached hydrogens (tertiary/aromatic N) is 1. The number of rotatable bonds is 7. The van der Waals surface area contributed by atoms with E-state index in [-0.39, 0.29) is 18.0 Å². The van der Waals surface area contributed by atoms with Crippen LogP contribution in [-0.2, 0) is 6.54 Å². The van der Waals surface area contributed by atoms with Gasteiger partial charge in [-0.3, -0.25) is 0 Å². The smallest absolute Gasteiger partial charge is 0.406 e.